The molecule has 0 aromatic carbocycles. The van der Waals surface area contributed by atoms with Gasteiger partial charge < -0.3 is 15.1 Å². The fraction of sp³-hybridized carbons (Fsp3) is 0.529. The van der Waals surface area contributed by atoms with Crippen LogP contribution in [-0.4, -0.2) is 50.5 Å². The van der Waals surface area contributed by atoms with E-state index in [1.165, 1.54) is 0 Å². The fourth-order valence-electron chi connectivity index (χ4n) is 4.08. The van der Waals surface area contributed by atoms with Crippen LogP contribution < -0.4 is 0 Å². The van der Waals surface area contributed by atoms with E-state index in [0.717, 1.165) is 18.4 Å². The van der Waals surface area contributed by atoms with Gasteiger partial charge in [-0.25, -0.2) is 0 Å². The van der Waals surface area contributed by atoms with Crippen LogP contribution >= 0.6 is 0 Å². The van der Waals surface area contributed by atoms with Crippen molar-refractivity contribution in [3.05, 3.63) is 29.6 Å². The lowest BCUT2D eigenvalue weighted by Gasteiger charge is -2.32. The van der Waals surface area contributed by atoms with Crippen molar-refractivity contribution in [1.29, 1.82) is 0 Å². The normalized spacial score (nSPS) is 27.3. The summed E-state index contributed by atoms with van der Waals surface area (Å²) >= 11 is 0. The Bertz CT molecular complexity index is 648. The molecule has 2 aliphatic rings. The molecule has 0 spiro atoms. The standard InChI is InChI=1S/C16H20N2O3.CH2O2/c1-3-16(15(20)21)9-11-6-7-12(16)18(11)14(19)13-10(2)5-4-8-17-13;2-1-3/h4-5,8,11-12H,3,6-7,9H2,1-2H3,(H,20,21);1H,(H,2,3)/t11-,12+,16+;/m0./s1. The van der Waals surface area contributed by atoms with Crippen LogP contribution in [0.2, 0.25) is 0 Å². The Morgan fingerprint density at radius 3 is 2.62 bits per heavy atom. The van der Waals surface area contributed by atoms with Crippen LogP contribution in [0.25, 0.3) is 0 Å². The van der Waals surface area contributed by atoms with E-state index in [-0.39, 0.29) is 24.5 Å². The van der Waals surface area contributed by atoms with Gasteiger partial charge in [-0.15, -0.1) is 0 Å². The summed E-state index contributed by atoms with van der Waals surface area (Å²) in [6.07, 6.45) is 4.43. The van der Waals surface area contributed by atoms with Crippen molar-refractivity contribution in [2.75, 3.05) is 0 Å². The number of aliphatic carboxylic acids is 1. The Labute approximate surface area is 140 Å². The summed E-state index contributed by atoms with van der Waals surface area (Å²) in [4.78, 5) is 38.9. The van der Waals surface area contributed by atoms with Gasteiger partial charge in [0.1, 0.15) is 5.69 Å². The number of aromatic nitrogens is 1. The van der Waals surface area contributed by atoms with Gasteiger partial charge in [-0.2, -0.15) is 0 Å². The van der Waals surface area contributed by atoms with E-state index in [1.807, 2.05) is 19.9 Å². The number of carbonyl (C=O) groups is 3. The van der Waals surface area contributed by atoms with Gasteiger partial charge in [0.25, 0.3) is 12.4 Å². The second kappa shape index (κ2) is 6.98. The van der Waals surface area contributed by atoms with Crippen LogP contribution in [0.1, 0.15) is 48.7 Å². The summed E-state index contributed by atoms with van der Waals surface area (Å²) in [7, 11) is 0. The molecule has 2 bridgehead atoms. The molecule has 7 heteroatoms. The maximum absolute atomic E-state index is 12.8. The maximum Gasteiger partial charge on any atom is 0.311 e. The Morgan fingerprint density at radius 1 is 1.46 bits per heavy atom. The molecule has 24 heavy (non-hydrogen) atoms. The van der Waals surface area contributed by atoms with Crippen molar-refractivity contribution < 1.29 is 24.6 Å². The molecule has 130 valence electrons. The second-order valence-electron chi connectivity index (χ2n) is 6.25. The Kier molecular flexibility index (Phi) is 5.21. The number of rotatable bonds is 3. The zero-order valence-corrected chi connectivity index (χ0v) is 13.8. The number of hydrogen-bond donors (Lipinski definition) is 2. The molecule has 0 radical (unpaired) electrons. The highest BCUT2D eigenvalue weighted by atomic mass is 16.4. The highest BCUT2D eigenvalue weighted by Gasteiger charge is 2.60. The third-order valence-electron chi connectivity index (χ3n) is 5.24. The van der Waals surface area contributed by atoms with Gasteiger partial charge in [-0.05, 0) is 44.2 Å². The van der Waals surface area contributed by atoms with Crippen LogP contribution in [0.15, 0.2) is 18.3 Å². The lowest BCUT2D eigenvalue weighted by molar-refractivity contribution is -0.151. The zero-order chi connectivity index (χ0) is 17.9. The number of carboxylic acid groups (broad SMARTS) is 2. The Balaban J connectivity index is 0.000000647. The van der Waals surface area contributed by atoms with Gasteiger partial charge in [0.05, 0.1) is 5.41 Å². The number of carboxylic acids is 1. The third kappa shape index (κ3) is 2.74. The first-order chi connectivity index (χ1) is 11.4. The van der Waals surface area contributed by atoms with E-state index in [4.69, 9.17) is 9.90 Å². The van der Waals surface area contributed by atoms with Crippen molar-refractivity contribution in [3.8, 4) is 0 Å². The van der Waals surface area contributed by atoms with Crippen LogP contribution in [-0.2, 0) is 9.59 Å². The average Bonchev–Trinajstić information content (AvgIpc) is 3.11. The number of hydrogen-bond acceptors (Lipinski definition) is 4. The number of carbonyl (C=O) groups excluding carboxylic acids is 1. The molecule has 1 amide bonds. The minimum atomic E-state index is -0.777. The number of nitrogens with zero attached hydrogens (tertiary/aromatic N) is 2. The van der Waals surface area contributed by atoms with E-state index < -0.39 is 11.4 Å². The van der Waals surface area contributed by atoms with Crippen LogP contribution in [0.5, 0.6) is 0 Å². The van der Waals surface area contributed by atoms with Crippen molar-refractivity contribution in [3.63, 3.8) is 0 Å². The number of amides is 1. The molecule has 1 aromatic heterocycles. The topological polar surface area (TPSA) is 108 Å². The van der Waals surface area contributed by atoms with Crippen molar-refractivity contribution in [2.24, 2.45) is 5.41 Å². The van der Waals surface area contributed by atoms with Crippen LogP contribution in [0, 0.1) is 12.3 Å². The molecular weight excluding hydrogens is 312 g/mol. The monoisotopic (exact) mass is 334 g/mol. The van der Waals surface area contributed by atoms with Gasteiger partial charge >= 0.3 is 5.97 Å². The molecule has 2 fully saturated rings. The molecule has 3 heterocycles. The summed E-state index contributed by atoms with van der Waals surface area (Å²) in [6, 6.07) is 3.51. The molecule has 2 aliphatic heterocycles. The molecule has 7 nitrogen and oxygen atoms in total. The fourth-order valence-corrected chi connectivity index (χ4v) is 4.08. The molecule has 3 rings (SSSR count). The molecule has 0 aliphatic carbocycles. The van der Waals surface area contributed by atoms with Crippen LogP contribution in [0.4, 0.5) is 0 Å². The van der Waals surface area contributed by atoms with Gasteiger partial charge in [0.15, 0.2) is 0 Å². The zero-order valence-electron chi connectivity index (χ0n) is 13.8. The quantitative estimate of drug-likeness (QED) is 0.818. The van der Waals surface area contributed by atoms with Gasteiger partial charge in [0.2, 0.25) is 0 Å². The molecule has 2 N–H and O–H groups in total. The van der Waals surface area contributed by atoms with E-state index >= 15 is 0 Å². The van der Waals surface area contributed by atoms with E-state index in [0.29, 0.717) is 18.5 Å². The summed E-state index contributed by atoms with van der Waals surface area (Å²) in [6.45, 7) is 3.52. The van der Waals surface area contributed by atoms with Crippen LogP contribution in [0.3, 0.4) is 0 Å². The number of fused-ring (bicyclic) bond motifs is 2. The molecular formula is C17H22N2O5. The molecule has 2 saturated heterocycles. The molecule has 0 unspecified atom stereocenters. The lowest BCUT2D eigenvalue weighted by Crippen LogP contribution is -2.45. The third-order valence-corrected chi connectivity index (χ3v) is 5.24. The SMILES string of the molecule is CC[C@@]1(C(=O)O)C[C@@H]2CC[C@H]1N2C(=O)c1ncccc1C.O=CO. The van der Waals surface area contributed by atoms with E-state index in [9.17, 15) is 14.7 Å². The smallest absolute Gasteiger partial charge is 0.311 e. The van der Waals surface area contributed by atoms with Gasteiger partial charge in [0, 0.05) is 18.3 Å². The average molecular weight is 334 g/mol. The van der Waals surface area contributed by atoms with Gasteiger partial charge in [-0.3, -0.25) is 19.4 Å². The highest BCUT2D eigenvalue weighted by Crippen LogP contribution is 2.52. The molecule has 0 saturated carbocycles. The minimum Gasteiger partial charge on any atom is -0.483 e. The van der Waals surface area contributed by atoms with Gasteiger partial charge in [-0.1, -0.05) is 13.0 Å². The van der Waals surface area contributed by atoms with Crippen molar-refractivity contribution >= 4 is 18.3 Å². The first-order valence-corrected chi connectivity index (χ1v) is 7.98. The second-order valence-corrected chi connectivity index (χ2v) is 6.25. The maximum atomic E-state index is 12.8. The summed E-state index contributed by atoms with van der Waals surface area (Å²) in [5.41, 5.74) is 0.513. The largest absolute Gasteiger partial charge is 0.483 e. The number of pyridine rings is 1. The first-order valence-electron chi connectivity index (χ1n) is 7.98. The lowest BCUT2D eigenvalue weighted by atomic mass is 9.72. The summed E-state index contributed by atoms with van der Waals surface area (Å²) in [5, 5.41) is 16.5. The van der Waals surface area contributed by atoms with E-state index in [1.54, 1.807) is 17.2 Å². The molecule has 3 atom stereocenters. The van der Waals surface area contributed by atoms with Crippen molar-refractivity contribution in [1.82, 2.24) is 9.88 Å². The molecule has 1 aromatic rings. The predicted molar refractivity (Wildman–Crippen MR) is 85.6 cm³/mol. The summed E-state index contributed by atoms with van der Waals surface area (Å²) < 4.78 is 0. The minimum absolute atomic E-state index is 0.0416. The number of aryl methyl sites for hydroxylation is 1. The first kappa shape index (κ1) is 17.9. The Morgan fingerprint density at radius 2 is 2.12 bits per heavy atom. The van der Waals surface area contributed by atoms with E-state index in [2.05, 4.69) is 4.98 Å². The predicted octanol–water partition coefficient (Wildman–Crippen LogP) is 1.95. The Hall–Kier alpha value is -2.44. The van der Waals surface area contributed by atoms with Crippen molar-refractivity contribution in [2.45, 2.75) is 51.6 Å². The summed E-state index contributed by atoms with van der Waals surface area (Å²) in [5.74, 6) is -0.884. The highest BCUT2D eigenvalue weighted by molar-refractivity contribution is 5.95.